The molecule has 0 aliphatic carbocycles. The number of Topliss-reactive ketones (excluding diaryl/α,β-unsaturated/α-hetero) is 1. The standard InChI is InChI=1S/C12H14O4S3/c1-2-16-12(17)18-8-10(13)9-19(14,15)11-6-4-3-5-7-11/h3-7H,2,8-9H2,1H3. The first-order valence-corrected chi connectivity index (χ1v) is 8.59. The maximum Gasteiger partial charge on any atom is 0.220 e. The van der Waals surface area contributed by atoms with E-state index in [9.17, 15) is 13.2 Å². The van der Waals surface area contributed by atoms with E-state index in [2.05, 4.69) is 0 Å². The summed E-state index contributed by atoms with van der Waals surface area (Å²) in [5.74, 6) is -0.903. The maximum absolute atomic E-state index is 11.9. The Labute approximate surface area is 122 Å². The Kier molecular flexibility index (Phi) is 6.47. The lowest BCUT2D eigenvalue weighted by Crippen LogP contribution is -2.18. The molecule has 7 heteroatoms. The highest BCUT2D eigenvalue weighted by Crippen LogP contribution is 2.12. The third-order valence-electron chi connectivity index (χ3n) is 2.07. The topological polar surface area (TPSA) is 60.4 Å². The Morgan fingerprint density at radius 1 is 1.32 bits per heavy atom. The summed E-state index contributed by atoms with van der Waals surface area (Å²) in [5, 5.41) is 0. The highest BCUT2D eigenvalue weighted by Gasteiger charge is 2.19. The molecule has 0 amide bonds. The number of carbonyl (C=O) groups excluding carboxylic acids is 1. The highest BCUT2D eigenvalue weighted by atomic mass is 32.2. The summed E-state index contributed by atoms with van der Waals surface area (Å²) in [6, 6.07) is 7.91. The van der Waals surface area contributed by atoms with Crippen molar-refractivity contribution in [3.8, 4) is 0 Å². The fourth-order valence-corrected chi connectivity index (χ4v) is 3.53. The van der Waals surface area contributed by atoms with E-state index in [0.717, 1.165) is 11.8 Å². The molecule has 0 heterocycles. The number of hydrogen-bond acceptors (Lipinski definition) is 6. The molecule has 0 aliphatic heterocycles. The van der Waals surface area contributed by atoms with E-state index in [1.807, 2.05) is 0 Å². The van der Waals surface area contributed by atoms with Gasteiger partial charge in [0.25, 0.3) is 0 Å². The predicted molar refractivity (Wildman–Crippen MR) is 80.2 cm³/mol. The molecule has 1 aromatic rings. The van der Waals surface area contributed by atoms with Crippen LogP contribution in [0, 0.1) is 0 Å². The summed E-state index contributed by atoms with van der Waals surface area (Å²) in [7, 11) is -3.57. The van der Waals surface area contributed by atoms with Crippen LogP contribution in [0.1, 0.15) is 6.92 Å². The fourth-order valence-electron chi connectivity index (χ4n) is 1.26. The zero-order chi connectivity index (χ0) is 14.3. The molecule has 0 spiro atoms. The Bertz CT molecular complexity index is 537. The van der Waals surface area contributed by atoms with Crippen molar-refractivity contribution in [2.45, 2.75) is 11.8 Å². The van der Waals surface area contributed by atoms with Crippen molar-refractivity contribution in [2.75, 3.05) is 18.1 Å². The maximum atomic E-state index is 11.9. The lowest BCUT2D eigenvalue weighted by atomic mass is 10.4. The van der Waals surface area contributed by atoms with Crippen molar-refractivity contribution >= 4 is 44.0 Å². The molecule has 4 nitrogen and oxygen atoms in total. The van der Waals surface area contributed by atoms with E-state index in [-0.39, 0.29) is 15.0 Å². The lowest BCUT2D eigenvalue weighted by molar-refractivity contribution is -0.114. The first kappa shape index (κ1) is 16.1. The van der Waals surface area contributed by atoms with Crippen molar-refractivity contribution in [1.82, 2.24) is 0 Å². The first-order chi connectivity index (χ1) is 8.95. The average molecular weight is 318 g/mol. The van der Waals surface area contributed by atoms with Crippen molar-refractivity contribution in [1.29, 1.82) is 0 Å². The van der Waals surface area contributed by atoms with Crippen molar-refractivity contribution in [3.63, 3.8) is 0 Å². The zero-order valence-corrected chi connectivity index (χ0v) is 12.8. The summed E-state index contributed by atoms with van der Waals surface area (Å²) >= 11 is 5.89. The minimum atomic E-state index is -3.57. The third kappa shape index (κ3) is 5.71. The molecule has 1 aromatic carbocycles. The molecule has 0 radical (unpaired) electrons. The average Bonchev–Trinajstić information content (AvgIpc) is 2.37. The summed E-state index contributed by atoms with van der Waals surface area (Å²) in [4.78, 5) is 11.8. The van der Waals surface area contributed by atoms with Gasteiger partial charge in [0.2, 0.25) is 4.38 Å². The molecule has 1 rings (SSSR count). The van der Waals surface area contributed by atoms with Crippen LogP contribution in [0.3, 0.4) is 0 Å². The van der Waals surface area contributed by atoms with E-state index in [0.29, 0.717) is 6.61 Å². The summed E-state index contributed by atoms with van der Waals surface area (Å²) in [6.07, 6.45) is 0. The van der Waals surface area contributed by atoms with Gasteiger partial charge in [0.1, 0.15) is 5.75 Å². The van der Waals surface area contributed by atoms with Gasteiger partial charge in [0.05, 0.1) is 17.3 Å². The molecule has 0 saturated carbocycles. The zero-order valence-electron chi connectivity index (χ0n) is 10.4. The second kappa shape index (κ2) is 7.62. The monoisotopic (exact) mass is 318 g/mol. The molecule has 0 unspecified atom stereocenters. The minimum absolute atomic E-state index is 0.00486. The predicted octanol–water partition coefficient (Wildman–Crippen LogP) is 2.08. The Hall–Kier alpha value is -0.920. The summed E-state index contributed by atoms with van der Waals surface area (Å²) in [6.45, 7) is 2.22. The van der Waals surface area contributed by atoms with Gasteiger partial charge >= 0.3 is 0 Å². The molecule has 19 heavy (non-hydrogen) atoms. The second-order valence-corrected chi connectivity index (χ2v) is 7.15. The van der Waals surface area contributed by atoms with Crippen LogP contribution in [0.2, 0.25) is 0 Å². The minimum Gasteiger partial charge on any atom is -0.479 e. The molecule has 0 atom stereocenters. The van der Waals surface area contributed by atoms with Gasteiger partial charge in [0, 0.05) is 0 Å². The van der Waals surface area contributed by atoms with Gasteiger partial charge in [-0.1, -0.05) is 30.0 Å². The Balaban J connectivity index is 2.55. The number of sulfone groups is 1. The number of ketones is 1. The summed E-state index contributed by atoms with van der Waals surface area (Å²) in [5.41, 5.74) is 0. The second-order valence-electron chi connectivity index (χ2n) is 3.58. The number of thiocarbonyl (C=S) groups is 1. The van der Waals surface area contributed by atoms with Gasteiger partial charge in [0.15, 0.2) is 15.6 Å². The van der Waals surface area contributed by atoms with E-state index < -0.39 is 21.4 Å². The van der Waals surface area contributed by atoms with Crippen LogP contribution in [-0.4, -0.2) is 36.7 Å². The van der Waals surface area contributed by atoms with Crippen molar-refractivity contribution < 1.29 is 17.9 Å². The van der Waals surface area contributed by atoms with Crippen LogP contribution in [-0.2, 0) is 19.4 Å². The number of carbonyl (C=O) groups is 1. The molecule has 0 N–H and O–H groups in total. The number of thioether (sulfide) groups is 1. The smallest absolute Gasteiger partial charge is 0.220 e. The van der Waals surface area contributed by atoms with Crippen LogP contribution in [0.25, 0.3) is 0 Å². The van der Waals surface area contributed by atoms with Crippen LogP contribution < -0.4 is 0 Å². The van der Waals surface area contributed by atoms with E-state index in [1.54, 1.807) is 25.1 Å². The van der Waals surface area contributed by atoms with Crippen LogP contribution >= 0.6 is 24.0 Å². The van der Waals surface area contributed by atoms with Gasteiger partial charge < -0.3 is 4.74 Å². The van der Waals surface area contributed by atoms with Crippen LogP contribution in [0.15, 0.2) is 35.2 Å². The molecule has 0 aromatic heterocycles. The number of ether oxygens (including phenoxy) is 1. The molecule has 0 fully saturated rings. The number of hydrogen-bond donors (Lipinski definition) is 0. The van der Waals surface area contributed by atoms with E-state index in [1.165, 1.54) is 12.1 Å². The largest absolute Gasteiger partial charge is 0.479 e. The van der Waals surface area contributed by atoms with E-state index in [4.69, 9.17) is 17.0 Å². The van der Waals surface area contributed by atoms with Crippen molar-refractivity contribution in [3.05, 3.63) is 30.3 Å². The molecular weight excluding hydrogens is 304 g/mol. The molecule has 104 valence electrons. The number of benzene rings is 1. The molecule has 0 bridgehead atoms. The van der Waals surface area contributed by atoms with Crippen LogP contribution in [0.4, 0.5) is 0 Å². The quantitative estimate of drug-likeness (QED) is 0.749. The van der Waals surface area contributed by atoms with Gasteiger partial charge in [-0.05, 0) is 31.3 Å². The summed E-state index contributed by atoms with van der Waals surface area (Å²) < 4.78 is 29.1. The van der Waals surface area contributed by atoms with Gasteiger partial charge in [-0.2, -0.15) is 0 Å². The van der Waals surface area contributed by atoms with Crippen molar-refractivity contribution in [2.24, 2.45) is 0 Å². The fraction of sp³-hybridized carbons (Fsp3) is 0.333. The Morgan fingerprint density at radius 2 is 1.95 bits per heavy atom. The third-order valence-corrected chi connectivity index (χ3v) is 5.05. The SMILES string of the molecule is CCOC(=S)SCC(=O)CS(=O)(=O)c1ccccc1. The normalized spacial score (nSPS) is 11.0. The van der Waals surface area contributed by atoms with Gasteiger partial charge in [-0.25, -0.2) is 8.42 Å². The van der Waals surface area contributed by atoms with E-state index >= 15 is 0 Å². The molecule has 0 saturated heterocycles. The Morgan fingerprint density at radius 3 is 2.53 bits per heavy atom. The number of rotatable bonds is 6. The molecular formula is C12H14O4S3. The molecule has 0 aliphatic rings. The highest BCUT2D eigenvalue weighted by molar-refractivity contribution is 8.23. The van der Waals surface area contributed by atoms with Crippen LogP contribution in [0.5, 0.6) is 0 Å². The lowest BCUT2D eigenvalue weighted by Gasteiger charge is -2.05. The van der Waals surface area contributed by atoms with Gasteiger partial charge in [-0.15, -0.1) is 0 Å². The first-order valence-electron chi connectivity index (χ1n) is 5.54. The van der Waals surface area contributed by atoms with Gasteiger partial charge in [-0.3, -0.25) is 4.79 Å².